The van der Waals surface area contributed by atoms with Crippen LogP contribution in [0.3, 0.4) is 0 Å². The average molecular weight is 384 g/mol. The van der Waals surface area contributed by atoms with Crippen molar-refractivity contribution in [1.82, 2.24) is 4.98 Å². The van der Waals surface area contributed by atoms with Crippen LogP contribution in [0.4, 0.5) is 4.39 Å². The number of carboxylic acids is 1. The predicted octanol–water partition coefficient (Wildman–Crippen LogP) is 4.28. The van der Waals surface area contributed by atoms with Gasteiger partial charge in [0.05, 0.1) is 24.2 Å². The van der Waals surface area contributed by atoms with E-state index in [4.69, 9.17) is 4.74 Å². The van der Waals surface area contributed by atoms with Gasteiger partial charge in [-0.25, -0.2) is 4.39 Å². The van der Waals surface area contributed by atoms with Crippen molar-refractivity contribution in [2.24, 2.45) is 5.92 Å². The molecular weight excluding hydrogens is 365 g/mol. The van der Waals surface area contributed by atoms with Crippen LogP contribution in [0.5, 0.6) is 0 Å². The first-order valence-electron chi connectivity index (χ1n) is 7.63. The zero-order chi connectivity index (χ0) is 16.9. The Hall–Kier alpha value is -1.40. The largest absolute Gasteiger partial charge is 0.481 e. The lowest BCUT2D eigenvalue weighted by atomic mass is 9.80. The van der Waals surface area contributed by atoms with Crippen molar-refractivity contribution in [2.45, 2.75) is 39.2 Å². The van der Waals surface area contributed by atoms with Crippen LogP contribution in [0.25, 0.3) is 10.9 Å². The molecule has 4 nitrogen and oxygen atoms in total. The highest BCUT2D eigenvalue weighted by molar-refractivity contribution is 9.10. The number of ether oxygens (including phenoxy) is 1. The lowest BCUT2D eigenvalue weighted by Gasteiger charge is -2.39. The van der Waals surface area contributed by atoms with E-state index in [0.29, 0.717) is 24.2 Å². The highest BCUT2D eigenvalue weighted by Gasteiger charge is 2.45. The molecule has 2 N–H and O–H groups in total. The number of H-pyrrole nitrogens is 1. The molecule has 124 valence electrons. The molecule has 3 rings (SSSR count). The molecule has 2 heterocycles. The van der Waals surface area contributed by atoms with Crippen LogP contribution in [-0.2, 0) is 21.6 Å². The number of fused-ring (bicyclic) bond motifs is 3. The third-order valence-electron chi connectivity index (χ3n) is 4.73. The molecule has 0 saturated carbocycles. The van der Waals surface area contributed by atoms with Crippen molar-refractivity contribution in [1.29, 1.82) is 0 Å². The number of hydrogen-bond acceptors (Lipinski definition) is 2. The summed E-state index contributed by atoms with van der Waals surface area (Å²) >= 11 is 3.55. The van der Waals surface area contributed by atoms with E-state index in [1.165, 1.54) is 6.07 Å². The first-order valence-corrected chi connectivity index (χ1v) is 8.42. The normalized spacial score (nSPS) is 21.0. The van der Waals surface area contributed by atoms with Crippen molar-refractivity contribution in [3.8, 4) is 0 Å². The number of carbonyl (C=O) groups is 1. The molecule has 0 aliphatic carbocycles. The molecule has 0 fully saturated rings. The van der Waals surface area contributed by atoms with Crippen LogP contribution in [0.15, 0.2) is 10.5 Å². The first-order chi connectivity index (χ1) is 10.8. The van der Waals surface area contributed by atoms with Gasteiger partial charge in [-0.05, 0) is 52.4 Å². The fourth-order valence-corrected chi connectivity index (χ4v) is 4.08. The van der Waals surface area contributed by atoms with Crippen LogP contribution in [0.2, 0.25) is 0 Å². The van der Waals surface area contributed by atoms with E-state index >= 15 is 0 Å². The van der Waals surface area contributed by atoms with Gasteiger partial charge in [-0.3, -0.25) is 4.79 Å². The minimum Gasteiger partial charge on any atom is -0.481 e. The van der Waals surface area contributed by atoms with Crippen LogP contribution in [-0.4, -0.2) is 22.7 Å². The Kier molecular flexibility index (Phi) is 4.01. The molecule has 6 heteroatoms. The Morgan fingerprint density at radius 2 is 2.26 bits per heavy atom. The average Bonchev–Trinajstić information content (AvgIpc) is 2.85. The Balaban J connectivity index is 2.35. The van der Waals surface area contributed by atoms with Crippen LogP contribution < -0.4 is 0 Å². The van der Waals surface area contributed by atoms with Crippen LogP contribution in [0.1, 0.15) is 37.1 Å². The highest BCUT2D eigenvalue weighted by Crippen LogP contribution is 2.46. The molecule has 0 bridgehead atoms. The number of rotatable bonds is 3. The van der Waals surface area contributed by atoms with Gasteiger partial charge in [0.25, 0.3) is 0 Å². The molecule has 0 radical (unpaired) electrons. The first kappa shape index (κ1) is 16.5. The lowest BCUT2D eigenvalue weighted by Crippen LogP contribution is -2.42. The number of aromatic nitrogens is 1. The van der Waals surface area contributed by atoms with Crippen molar-refractivity contribution in [3.05, 3.63) is 33.2 Å². The maximum atomic E-state index is 14.4. The second kappa shape index (κ2) is 5.60. The maximum absolute atomic E-state index is 14.4. The fourth-order valence-electron chi connectivity index (χ4n) is 3.53. The molecule has 1 aromatic carbocycles. The second-order valence-corrected chi connectivity index (χ2v) is 7.22. The Labute approximate surface area is 142 Å². The third kappa shape index (κ3) is 2.39. The predicted molar refractivity (Wildman–Crippen MR) is 89.1 cm³/mol. The molecule has 1 atom stereocenters. The van der Waals surface area contributed by atoms with E-state index in [9.17, 15) is 14.3 Å². The topological polar surface area (TPSA) is 62.3 Å². The minimum absolute atomic E-state index is 0.0614. The van der Waals surface area contributed by atoms with Gasteiger partial charge in [0.2, 0.25) is 0 Å². The number of hydrogen-bond donors (Lipinski definition) is 2. The molecular formula is C17H19BrFNO3. The monoisotopic (exact) mass is 383 g/mol. The summed E-state index contributed by atoms with van der Waals surface area (Å²) in [6, 6.07) is 1.48. The molecule has 0 saturated heterocycles. The zero-order valence-electron chi connectivity index (χ0n) is 13.3. The number of carboxylic acid groups (broad SMARTS) is 1. The number of aromatic amines is 1. The summed E-state index contributed by atoms with van der Waals surface area (Å²) in [5.41, 5.74) is 1.92. The molecule has 23 heavy (non-hydrogen) atoms. The number of aryl methyl sites for hydroxylation is 1. The molecule has 0 spiro atoms. The molecule has 1 aliphatic rings. The van der Waals surface area contributed by atoms with Gasteiger partial charge in [-0.1, -0.05) is 13.8 Å². The van der Waals surface area contributed by atoms with Crippen LogP contribution in [0, 0.1) is 18.7 Å². The fraction of sp³-hybridized carbons (Fsp3) is 0.471. The zero-order valence-corrected chi connectivity index (χ0v) is 14.9. The number of benzene rings is 1. The van der Waals surface area contributed by atoms with Gasteiger partial charge in [-0.15, -0.1) is 0 Å². The molecule has 1 unspecified atom stereocenters. The van der Waals surface area contributed by atoms with Crippen LogP contribution >= 0.6 is 15.9 Å². The summed E-state index contributed by atoms with van der Waals surface area (Å²) in [5, 5.41) is 10.2. The number of halogens is 2. The molecule has 1 aliphatic heterocycles. The number of nitrogens with one attached hydrogen (secondary N) is 1. The van der Waals surface area contributed by atoms with E-state index in [1.807, 2.05) is 20.8 Å². The summed E-state index contributed by atoms with van der Waals surface area (Å²) in [7, 11) is 0. The summed E-state index contributed by atoms with van der Waals surface area (Å²) < 4.78 is 21.2. The van der Waals surface area contributed by atoms with Gasteiger partial charge in [0, 0.05) is 9.86 Å². The summed E-state index contributed by atoms with van der Waals surface area (Å²) in [5.74, 6) is -1.32. The lowest BCUT2D eigenvalue weighted by molar-refractivity contribution is -0.154. The van der Waals surface area contributed by atoms with Crippen molar-refractivity contribution in [3.63, 3.8) is 0 Å². The SMILES string of the molecule is Cc1cc(F)c2[nH]c3c(c2c1Br)CCOC3(CC(=O)O)C(C)C. The highest BCUT2D eigenvalue weighted by atomic mass is 79.9. The smallest absolute Gasteiger partial charge is 0.306 e. The Bertz CT molecular complexity index is 799. The molecule has 2 aromatic rings. The number of aliphatic carboxylic acids is 1. The maximum Gasteiger partial charge on any atom is 0.306 e. The quantitative estimate of drug-likeness (QED) is 0.831. The summed E-state index contributed by atoms with van der Waals surface area (Å²) in [6.07, 6.45) is 0.480. The van der Waals surface area contributed by atoms with Crippen molar-refractivity contribution in [2.75, 3.05) is 6.61 Å². The van der Waals surface area contributed by atoms with Crippen molar-refractivity contribution >= 4 is 32.8 Å². The Morgan fingerprint density at radius 1 is 1.57 bits per heavy atom. The minimum atomic E-state index is -0.960. The van der Waals surface area contributed by atoms with E-state index < -0.39 is 11.6 Å². The van der Waals surface area contributed by atoms with Crippen molar-refractivity contribution < 1.29 is 19.0 Å². The molecule has 1 aromatic heterocycles. The third-order valence-corrected chi connectivity index (χ3v) is 5.75. The summed E-state index contributed by atoms with van der Waals surface area (Å²) in [6.45, 7) is 6.13. The molecule has 0 amide bonds. The van der Waals surface area contributed by atoms with Gasteiger partial charge in [0.1, 0.15) is 11.4 Å². The van der Waals surface area contributed by atoms with Gasteiger partial charge in [0.15, 0.2) is 0 Å². The van der Waals surface area contributed by atoms with Gasteiger partial charge < -0.3 is 14.8 Å². The summed E-state index contributed by atoms with van der Waals surface area (Å²) in [4.78, 5) is 14.5. The van der Waals surface area contributed by atoms with Gasteiger partial charge in [-0.2, -0.15) is 0 Å². The van der Waals surface area contributed by atoms with E-state index in [0.717, 1.165) is 21.0 Å². The standard InChI is InChI=1S/C17H19BrFNO3/c1-8(2)17(7-12(21)22)16-10(4-5-23-17)13-14(18)9(3)6-11(19)15(13)20-16/h6,8,20H,4-5,7H2,1-3H3,(H,21,22). The van der Waals surface area contributed by atoms with Gasteiger partial charge >= 0.3 is 5.97 Å². The second-order valence-electron chi connectivity index (χ2n) is 6.43. The Morgan fingerprint density at radius 3 is 2.87 bits per heavy atom. The van der Waals surface area contributed by atoms with E-state index in [1.54, 1.807) is 0 Å². The van der Waals surface area contributed by atoms with E-state index in [2.05, 4.69) is 20.9 Å². The van der Waals surface area contributed by atoms with E-state index in [-0.39, 0.29) is 18.2 Å².